The normalized spacial score (nSPS) is 18.2. The van der Waals surface area contributed by atoms with E-state index in [0.29, 0.717) is 12.2 Å². The van der Waals surface area contributed by atoms with Crippen molar-refractivity contribution < 1.29 is 9.53 Å². The van der Waals surface area contributed by atoms with E-state index in [1.165, 1.54) is 0 Å². The second-order valence-electron chi connectivity index (χ2n) is 5.30. The summed E-state index contributed by atoms with van der Waals surface area (Å²) in [5, 5.41) is 9.58. The number of nitriles is 1. The summed E-state index contributed by atoms with van der Waals surface area (Å²) in [7, 11) is 2.07. The van der Waals surface area contributed by atoms with Crippen LogP contribution in [0.4, 0.5) is 0 Å². The zero-order valence-electron chi connectivity index (χ0n) is 12.1. The van der Waals surface area contributed by atoms with E-state index in [0.717, 1.165) is 31.5 Å². The maximum Gasteiger partial charge on any atom is 0.338 e. The van der Waals surface area contributed by atoms with Crippen LogP contribution in [0.15, 0.2) is 24.3 Å². The molecule has 1 heterocycles. The molecule has 0 aromatic heterocycles. The SMILES string of the molecule is CCOC(=O)c1ccc(C2(C#N)CCN(C)CC2)cc1. The van der Waals surface area contributed by atoms with Gasteiger partial charge in [0.2, 0.25) is 0 Å². The van der Waals surface area contributed by atoms with Gasteiger partial charge in [0.05, 0.1) is 23.7 Å². The van der Waals surface area contributed by atoms with E-state index < -0.39 is 5.41 Å². The van der Waals surface area contributed by atoms with E-state index in [2.05, 4.69) is 18.0 Å². The third-order valence-electron chi connectivity index (χ3n) is 4.00. The molecule has 0 spiro atoms. The lowest BCUT2D eigenvalue weighted by Gasteiger charge is -2.35. The Balaban J connectivity index is 2.20. The van der Waals surface area contributed by atoms with Crippen LogP contribution >= 0.6 is 0 Å². The molecule has 0 N–H and O–H groups in total. The lowest BCUT2D eigenvalue weighted by atomic mass is 9.74. The molecule has 106 valence electrons. The highest BCUT2D eigenvalue weighted by Crippen LogP contribution is 2.34. The molecule has 1 aliphatic rings. The Morgan fingerprint density at radius 1 is 1.35 bits per heavy atom. The number of ether oxygens (including phenoxy) is 1. The van der Waals surface area contributed by atoms with Crippen molar-refractivity contribution in [2.24, 2.45) is 0 Å². The van der Waals surface area contributed by atoms with Crippen LogP contribution in [0.1, 0.15) is 35.7 Å². The highest BCUT2D eigenvalue weighted by molar-refractivity contribution is 5.89. The second kappa shape index (κ2) is 6.06. The van der Waals surface area contributed by atoms with Gasteiger partial charge in [-0.2, -0.15) is 5.26 Å². The summed E-state index contributed by atoms with van der Waals surface area (Å²) in [5.74, 6) is -0.312. The minimum absolute atomic E-state index is 0.312. The Bertz CT molecular complexity index is 508. The van der Waals surface area contributed by atoms with Gasteiger partial charge in [-0.05, 0) is 57.6 Å². The zero-order chi connectivity index (χ0) is 14.6. The van der Waals surface area contributed by atoms with Crippen molar-refractivity contribution in [1.29, 1.82) is 5.26 Å². The van der Waals surface area contributed by atoms with Crippen LogP contribution in [0.25, 0.3) is 0 Å². The molecule has 4 nitrogen and oxygen atoms in total. The molecule has 0 bridgehead atoms. The molecule has 1 aliphatic heterocycles. The van der Waals surface area contributed by atoms with Gasteiger partial charge < -0.3 is 9.64 Å². The Morgan fingerprint density at radius 2 is 1.95 bits per heavy atom. The number of rotatable bonds is 3. The van der Waals surface area contributed by atoms with Crippen molar-refractivity contribution in [2.75, 3.05) is 26.7 Å². The Labute approximate surface area is 120 Å². The van der Waals surface area contributed by atoms with Crippen molar-refractivity contribution >= 4 is 5.97 Å². The molecule has 1 aromatic carbocycles. The van der Waals surface area contributed by atoms with E-state index in [1.807, 2.05) is 12.1 Å². The molecule has 4 heteroatoms. The Kier molecular flexibility index (Phi) is 4.41. The van der Waals surface area contributed by atoms with Gasteiger partial charge in [0.25, 0.3) is 0 Å². The first kappa shape index (κ1) is 14.5. The third kappa shape index (κ3) is 2.83. The Morgan fingerprint density at radius 3 is 2.45 bits per heavy atom. The van der Waals surface area contributed by atoms with Crippen LogP contribution < -0.4 is 0 Å². The predicted molar refractivity (Wildman–Crippen MR) is 76.4 cm³/mol. The van der Waals surface area contributed by atoms with E-state index in [9.17, 15) is 10.1 Å². The van der Waals surface area contributed by atoms with E-state index in [-0.39, 0.29) is 5.97 Å². The first-order chi connectivity index (χ1) is 9.61. The molecule has 1 fully saturated rings. The maximum absolute atomic E-state index is 11.6. The molecular formula is C16H20N2O2. The second-order valence-corrected chi connectivity index (χ2v) is 5.30. The molecule has 0 amide bonds. The summed E-state index contributed by atoms with van der Waals surface area (Å²) >= 11 is 0. The standard InChI is InChI=1S/C16H20N2O2/c1-3-20-15(19)13-4-6-14(7-5-13)16(12-17)8-10-18(2)11-9-16/h4-7H,3,8-11H2,1-2H3. The van der Waals surface area contributed by atoms with Gasteiger partial charge in [-0.25, -0.2) is 4.79 Å². The average Bonchev–Trinajstić information content (AvgIpc) is 2.49. The van der Waals surface area contributed by atoms with Crippen molar-refractivity contribution in [1.82, 2.24) is 4.90 Å². The lowest BCUT2D eigenvalue weighted by molar-refractivity contribution is 0.0526. The first-order valence-electron chi connectivity index (χ1n) is 6.99. The largest absolute Gasteiger partial charge is 0.462 e. The van der Waals surface area contributed by atoms with Crippen LogP contribution in [-0.2, 0) is 10.2 Å². The van der Waals surface area contributed by atoms with Crippen LogP contribution in [0, 0.1) is 11.3 Å². The summed E-state index contributed by atoms with van der Waals surface area (Å²) in [4.78, 5) is 13.9. The first-order valence-corrected chi connectivity index (χ1v) is 6.99. The van der Waals surface area contributed by atoms with E-state index in [1.54, 1.807) is 19.1 Å². The zero-order valence-corrected chi connectivity index (χ0v) is 12.1. The molecule has 1 aromatic rings. The van der Waals surface area contributed by atoms with Crippen LogP contribution in [0.3, 0.4) is 0 Å². The summed E-state index contributed by atoms with van der Waals surface area (Å²) < 4.78 is 4.97. The number of nitrogens with zero attached hydrogens (tertiary/aromatic N) is 2. The van der Waals surface area contributed by atoms with Gasteiger partial charge in [-0.3, -0.25) is 0 Å². The molecule has 20 heavy (non-hydrogen) atoms. The fourth-order valence-corrected chi connectivity index (χ4v) is 2.61. The number of hydrogen-bond acceptors (Lipinski definition) is 4. The number of esters is 1. The van der Waals surface area contributed by atoms with Gasteiger partial charge in [-0.15, -0.1) is 0 Å². The summed E-state index contributed by atoms with van der Waals surface area (Å²) in [6.07, 6.45) is 1.66. The van der Waals surface area contributed by atoms with Crippen molar-refractivity contribution in [2.45, 2.75) is 25.2 Å². The molecule has 0 atom stereocenters. The van der Waals surface area contributed by atoms with Crippen molar-refractivity contribution in [3.05, 3.63) is 35.4 Å². The van der Waals surface area contributed by atoms with Gasteiger partial charge in [-0.1, -0.05) is 12.1 Å². The number of likely N-dealkylation sites (tertiary alicyclic amines) is 1. The third-order valence-corrected chi connectivity index (χ3v) is 4.00. The van der Waals surface area contributed by atoms with Crippen LogP contribution in [-0.4, -0.2) is 37.6 Å². The molecule has 0 unspecified atom stereocenters. The number of carbonyl (C=O) groups is 1. The summed E-state index contributed by atoms with van der Waals surface area (Å²) in [5.41, 5.74) is 1.12. The van der Waals surface area contributed by atoms with Gasteiger partial charge >= 0.3 is 5.97 Å². The number of carbonyl (C=O) groups excluding carboxylic acids is 1. The predicted octanol–water partition coefficient (Wildman–Crippen LogP) is 2.35. The quantitative estimate of drug-likeness (QED) is 0.793. The topological polar surface area (TPSA) is 53.3 Å². The van der Waals surface area contributed by atoms with Crippen LogP contribution in [0.5, 0.6) is 0 Å². The molecule has 1 saturated heterocycles. The minimum atomic E-state index is -0.417. The molecule has 2 rings (SSSR count). The monoisotopic (exact) mass is 272 g/mol. The fourth-order valence-electron chi connectivity index (χ4n) is 2.61. The molecule has 0 aliphatic carbocycles. The summed E-state index contributed by atoms with van der Waals surface area (Å²) in [6, 6.07) is 9.77. The number of piperidine rings is 1. The van der Waals surface area contributed by atoms with Crippen molar-refractivity contribution in [3.8, 4) is 6.07 Å². The molecular weight excluding hydrogens is 252 g/mol. The number of benzene rings is 1. The van der Waals surface area contributed by atoms with E-state index >= 15 is 0 Å². The highest BCUT2D eigenvalue weighted by Gasteiger charge is 2.35. The van der Waals surface area contributed by atoms with Crippen LogP contribution in [0.2, 0.25) is 0 Å². The van der Waals surface area contributed by atoms with Crippen molar-refractivity contribution in [3.63, 3.8) is 0 Å². The Hall–Kier alpha value is -1.86. The minimum Gasteiger partial charge on any atom is -0.462 e. The van der Waals surface area contributed by atoms with Gasteiger partial charge in [0.15, 0.2) is 0 Å². The summed E-state index contributed by atoms with van der Waals surface area (Å²) in [6.45, 7) is 4.00. The lowest BCUT2D eigenvalue weighted by Crippen LogP contribution is -2.39. The maximum atomic E-state index is 11.6. The van der Waals surface area contributed by atoms with Gasteiger partial charge in [0, 0.05) is 0 Å². The highest BCUT2D eigenvalue weighted by atomic mass is 16.5. The smallest absolute Gasteiger partial charge is 0.338 e. The van der Waals surface area contributed by atoms with E-state index in [4.69, 9.17) is 4.74 Å². The average molecular weight is 272 g/mol. The van der Waals surface area contributed by atoms with Gasteiger partial charge in [0.1, 0.15) is 0 Å². The molecule has 0 radical (unpaired) electrons. The fraction of sp³-hybridized carbons (Fsp3) is 0.500. The number of hydrogen-bond donors (Lipinski definition) is 0. The molecule has 0 saturated carbocycles.